The molecule has 2 aromatic heterocycles. The smallest absolute Gasteiger partial charge is 0.253 e. The molecule has 2 aromatic rings. The molecule has 1 amide bonds. The number of halogens is 1. The topological polar surface area (TPSA) is 54.9 Å². The first-order valence-electron chi connectivity index (χ1n) is 4.53. The maximum atomic E-state index is 11.7. The summed E-state index contributed by atoms with van der Waals surface area (Å²) in [6, 6.07) is 3.46. The lowest BCUT2D eigenvalue weighted by Crippen LogP contribution is -2.22. The number of nitrogens with one attached hydrogen (secondary N) is 1. The summed E-state index contributed by atoms with van der Waals surface area (Å²) < 4.78 is 0.714. The van der Waals surface area contributed by atoms with Crippen LogP contribution in [0.25, 0.3) is 0 Å². The maximum Gasteiger partial charge on any atom is 0.253 e. The zero-order chi connectivity index (χ0) is 11.4. The van der Waals surface area contributed by atoms with Crippen LogP contribution in [0.4, 0.5) is 0 Å². The van der Waals surface area contributed by atoms with Crippen molar-refractivity contribution in [3.63, 3.8) is 0 Å². The van der Waals surface area contributed by atoms with E-state index >= 15 is 0 Å². The lowest BCUT2D eigenvalue weighted by molar-refractivity contribution is 0.0951. The first-order chi connectivity index (χ1) is 7.75. The van der Waals surface area contributed by atoms with Crippen molar-refractivity contribution < 1.29 is 4.79 Å². The average Bonchev–Trinajstić information content (AvgIpc) is 2.80. The highest BCUT2D eigenvalue weighted by molar-refractivity contribution is 9.10. The van der Waals surface area contributed by atoms with Crippen molar-refractivity contribution in [2.45, 2.75) is 6.54 Å². The molecule has 0 aliphatic carbocycles. The summed E-state index contributed by atoms with van der Waals surface area (Å²) in [5, 5.41) is 2.80. The summed E-state index contributed by atoms with van der Waals surface area (Å²) in [5.74, 6) is -0.131. The van der Waals surface area contributed by atoms with Crippen LogP contribution in [-0.2, 0) is 6.54 Å². The number of rotatable bonds is 3. The Labute approximate surface area is 105 Å². The van der Waals surface area contributed by atoms with Gasteiger partial charge in [0.1, 0.15) is 4.60 Å². The Morgan fingerprint density at radius 1 is 1.44 bits per heavy atom. The largest absolute Gasteiger partial charge is 0.347 e. The molecule has 0 unspecified atom stereocenters. The van der Waals surface area contributed by atoms with Crippen LogP contribution in [0.15, 0.2) is 34.6 Å². The number of amides is 1. The van der Waals surface area contributed by atoms with Crippen molar-refractivity contribution in [3.05, 3.63) is 45.1 Å². The molecular formula is C10H8BrN3OS. The normalized spacial score (nSPS) is 10.1. The summed E-state index contributed by atoms with van der Waals surface area (Å²) in [6.45, 7) is 0.500. The zero-order valence-corrected chi connectivity index (χ0v) is 10.6. The van der Waals surface area contributed by atoms with E-state index in [1.165, 1.54) is 17.5 Å². The zero-order valence-electron chi connectivity index (χ0n) is 8.18. The minimum Gasteiger partial charge on any atom is -0.347 e. The van der Waals surface area contributed by atoms with Gasteiger partial charge in [-0.05, 0) is 28.1 Å². The van der Waals surface area contributed by atoms with Gasteiger partial charge in [-0.15, -0.1) is 11.3 Å². The van der Waals surface area contributed by atoms with Gasteiger partial charge in [0, 0.05) is 17.3 Å². The van der Waals surface area contributed by atoms with E-state index in [1.54, 1.807) is 23.8 Å². The minimum absolute atomic E-state index is 0.131. The van der Waals surface area contributed by atoms with Crippen LogP contribution in [0.1, 0.15) is 15.2 Å². The molecule has 0 bridgehead atoms. The summed E-state index contributed by atoms with van der Waals surface area (Å²) in [6.07, 6.45) is 3.27. The van der Waals surface area contributed by atoms with Crippen LogP contribution in [0.5, 0.6) is 0 Å². The van der Waals surface area contributed by atoms with Gasteiger partial charge in [-0.2, -0.15) is 0 Å². The molecule has 82 valence electrons. The van der Waals surface area contributed by atoms with E-state index in [4.69, 9.17) is 0 Å². The number of pyridine rings is 1. The van der Waals surface area contributed by atoms with Gasteiger partial charge in [-0.1, -0.05) is 0 Å². The first-order valence-corrected chi connectivity index (χ1v) is 6.20. The molecule has 16 heavy (non-hydrogen) atoms. The van der Waals surface area contributed by atoms with Crippen LogP contribution in [0.2, 0.25) is 0 Å². The SMILES string of the molecule is O=C(NCc1cncs1)c1ccc(Br)nc1. The quantitative estimate of drug-likeness (QED) is 0.884. The predicted octanol–water partition coefficient (Wildman–Crippen LogP) is 2.23. The highest BCUT2D eigenvalue weighted by Gasteiger charge is 2.05. The Morgan fingerprint density at radius 2 is 2.31 bits per heavy atom. The van der Waals surface area contributed by atoms with Crippen molar-refractivity contribution in [2.24, 2.45) is 0 Å². The minimum atomic E-state index is -0.131. The molecule has 0 radical (unpaired) electrons. The number of carbonyl (C=O) groups is 1. The molecule has 6 heteroatoms. The molecule has 0 aliphatic rings. The Hall–Kier alpha value is -1.27. The molecule has 2 heterocycles. The fraction of sp³-hybridized carbons (Fsp3) is 0.100. The number of nitrogens with zero attached hydrogens (tertiary/aromatic N) is 2. The molecule has 0 spiro atoms. The second kappa shape index (κ2) is 5.18. The number of hydrogen-bond donors (Lipinski definition) is 1. The van der Waals surface area contributed by atoms with Crippen LogP contribution in [-0.4, -0.2) is 15.9 Å². The number of aromatic nitrogens is 2. The molecule has 0 fully saturated rings. The predicted molar refractivity (Wildman–Crippen MR) is 65.2 cm³/mol. The molecule has 0 saturated carbocycles. The third-order valence-corrected chi connectivity index (χ3v) is 3.14. The van der Waals surface area contributed by atoms with Crippen molar-refractivity contribution >= 4 is 33.2 Å². The Morgan fingerprint density at radius 3 is 2.94 bits per heavy atom. The third-order valence-electron chi connectivity index (χ3n) is 1.90. The van der Waals surface area contributed by atoms with E-state index in [1.807, 2.05) is 0 Å². The van der Waals surface area contributed by atoms with Gasteiger partial charge < -0.3 is 5.32 Å². The van der Waals surface area contributed by atoms with Crippen molar-refractivity contribution in [1.29, 1.82) is 0 Å². The molecule has 1 N–H and O–H groups in total. The van der Waals surface area contributed by atoms with Crippen LogP contribution < -0.4 is 5.32 Å². The average molecular weight is 298 g/mol. The number of hydrogen-bond acceptors (Lipinski definition) is 4. The second-order valence-corrected chi connectivity index (χ2v) is 4.80. The Bertz CT molecular complexity index is 469. The standard InChI is InChI=1S/C10H8BrN3OS/c11-9-2-1-7(3-13-9)10(15)14-5-8-4-12-6-16-8/h1-4,6H,5H2,(H,14,15). The van der Waals surface area contributed by atoms with Gasteiger partial charge in [-0.25, -0.2) is 4.98 Å². The van der Waals surface area contributed by atoms with Crippen molar-refractivity contribution in [2.75, 3.05) is 0 Å². The molecule has 4 nitrogen and oxygen atoms in total. The Kier molecular flexibility index (Phi) is 3.63. The molecule has 0 aromatic carbocycles. The second-order valence-electron chi connectivity index (χ2n) is 3.02. The number of carbonyl (C=O) groups excluding carboxylic acids is 1. The first kappa shape index (κ1) is 11.2. The lowest BCUT2D eigenvalue weighted by Gasteiger charge is -2.02. The molecular weight excluding hydrogens is 290 g/mol. The van der Waals surface area contributed by atoms with Gasteiger partial charge in [0.15, 0.2) is 0 Å². The van der Waals surface area contributed by atoms with Crippen molar-refractivity contribution in [3.8, 4) is 0 Å². The monoisotopic (exact) mass is 297 g/mol. The van der Waals surface area contributed by atoms with Crippen molar-refractivity contribution in [1.82, 2.24) is 15.3 Å². The molecule has 2 rings (SSSR count). The maximum absolute atomic E-state index is 11.7. The summed E-state index contributed by atoms with van der Waals surface area (Å²) in [4.78, 5) is 20.6. The van der Waals surface area contributed by atoms with Gasteiger partial charge in [0.05, 0.1) is 17.6 Å². The molecule has 0 saturated heterocycles. The Balaban J connectivity index is 1.95. The molecule has 0 atom stereocenters. The van der Waals surface area contributed by atoms with E-state index < -0.39 is 0 Å². The van der Waals surface area contributed by atoms with Gasteiger partial charge in [0.2, 0.25) is 0 Å². The van der Waals surface area contributed by atoms with Gasteiger partial charge in [-0.3, -0.25) is 9.78 Å². The summed E-state index contributed by atoms with van der Waals surface area (Å²) in [5.41, 5.74) is 2.29. The highest BCUT2D eigenvalue weighted by atomic mass is 79.9. The van der Waals surface area contributed by atoms with Gasteiger partial charge >= 0.3 is 0 Å². The highest BCUT2D eigenvalue weighted by Crippen LogP contribution is 2.07. The summed E-state index contributed by atoms with van der Waals surface area (Å²) in [7, 11) is 0. The van der Waals surface area contributed by atoms with E-state index in [0.29, 0.717) is 16.7 Å². The van der Waals surface area contributed by atoms with Crippen LogP contribution in [0, 0.1) is 0 Å². The van der Waals surface area contributed by atoms with E-state index in [0.717, 1.165) is 4.88 Å². The number of thiazole rings is 1. The third kappa shape index (κ3) is 2.86. The fourth-order valence-electron chi connectivity index (χ4n) is 1.11. The van der Waals surface area contributed by atoms with Crippen LogP contribution >= 0.6 is 27.3 Å². The van der Waals surface area contributed by atoms with E-state index in [2.05, 4.69) is 31.2 Å². The van der Waals surface area contributed by atoms with E-state index in [9.17, 15) is 4.79 Å². The van der Waals surface area contributed by atoms with Crippen LogP contribution in [0.3, 0.4) is 0 Å². The lowest BCUT2D eigenvalue weighted by atomic mass is 10.3. The summed E-state index contributed by atoms with van der Waals surface area (Å²) >= 11 is 4.73. The fourth-order valence-corrected chi connectivity index (χ4v) is 1.88. The van der Waals surface area contributed by atoms with E-state index in [-0.39, 0.29) is 5.91 Å². The van der Waals surface area contributed by atoms with Gasteiger partial charge in [0.25, 0.3) is 5.91 Å². The molecule has 0 aliphatic heterocycles.